The van der Waals surface area contributed by atoms with Crippen molar-refractivity contribution < 1.29 is 4.74 Å². The van der Waals surface area contributed by atoms with E-state index in [0.717, 1.165) is 22.7 Å². The van der Waals surface area contributed by atoms with Crippen molar-refractivity contribution in [2.75, 3.05) is 4.43 Å². The van der Waals surface area contributed by atoms with Gasteiger partial charge in [0, 0.05) is 4.43 Å². The lowest BCUT2D eigenvalue weighted by Gasteiger charge is -2.34. The molecule has 1 nitrogen and oxygen atoms in total. The Morgan fingerprint density at radius 2 is 2.12 bits per heavy atom. The molecule has 1 saturated carbocycles. The number of halogens is 1. The third-order valence-corrected chi connectivity index (χ3v) is 5.57. The normalized spacial score (nSPS) is 45.6. The van der Waals surface area contributed by atoms with Crippen molar-refractivity contribution in [3.63, 3.8) is 0 Å². The first-order chi connectivity index (χ1) is 8.01. The van der Waals surface area contributed by atoms with Gasteiger partial charge in [-0.1, -0.05) is 49.4 Å². The first-order valence-electron chi connectivity index (χ1n) is 6.91. The molecule has 1 aliphatic carbocycles. The predicted molar refractivity (Wildman–Crippen MR) is 81.6 cm³/mol. The van der Waals surface area contributed by atoms with E-state index < -0.39 is 0 Å². The summed E-state index contributed by atoms with van der Waals surface area (Å²) in [7, 11) is 0. The molecule has 1 aliphatic heterocycles. The van der Waals surface area contributed by atoms with Crippen LogP contribution in [0, 0.1) is 17.8 Å². The zero-order valence-corrected chi connectivity index (χ0v) is 13.5. The van der Waals surface area contributed by atoms with Crippen molar-refractivity contribution in [3.05, 3.63) is 12.2 Å². The molecule has 1 saturated heterocycles. The van der Waals surface area contributed by atoms with E-state index in [-0.39, 0.29) is 5.60 Å². The van der Waals surface area contributed by atoms with Crippen molar-refractivity contribution in [1.82, 2.24) is 0 Å². The average Bonchev–Trinajstić information content (AvgIpc) is 2.53. The van der Waals surface area contributed by atoms with E-state index in [1.807, 2.05) is 0 Å². The Labute approximate surface area is 120 Å². The maximum absolute atomic E-state index is 6.53. The minimum Gasteiger partial charge on any atom is -0.367 e. The Bertz CT molecular complexity index is 301. The molecule has 98 valence electrons. The molecular formula is C15H25IO. The third kappa shape index (κ3) is 2.32. The molecule has 0 aromatic carbocycles. The molecule has 2 heteroatoms. The SMILES string of the molecule is C=C(C)[C@]1(CCI)O[C@@H]2C[C@H](C)CC[C@H]2[C@H]1C. The molecule has 2 rings (SSSR count). The molecule has 5 atom stereocenters. The van der Waals surface area contributed by atoms with Crippen molar-refractivity contribution in [2.45, 2.75) is 58.2 Å². The summed E-state index contributed by atoms with van der Waals surface area (Å²) >= 11 is 2.47. The smallest absolute Gasteiger partial charge is 0.0926 e. The van der Waals surface area contributed by atoms with Gasteiger partial charge in [-0.2, -0.15) is 0 Å². The van der Waals surface area contributed by atoms with Gasteiger partial charge in [0.25, 0.3) is 0 Å². The molecule has 0 aromatic rings. The van der Waals surface area contributed by atoms with Gasteiger partial charge in [0.2, 0.25) is 0 Å². The maximum atomic E-state index is 6.53. The minimum atomic E-state index is -0.0272. The number of fused-ring (bicyclic) bond motifs is 1. The van der Waals surface area contributed by atoms with E-state index >= 15 is 0 Å². The van der Waals surface area contributed by atoms with E-state index in [4.69, 9.17) is 4.74 Å². The Kier molecular flexibility index (Phi) is 4.24. The number of rotatable bonds is 3. The highest BCUT2D eigenvalue weighted by Gasteiger charge is 2.53. The van der Waals surface area contributed by atoms with E-state index in [1.165, 1.54) is 24.8 Å². The Hall–Kier alpha value is 0.430. The van der Waals surface area contributed by atoms with Crippen LogP contribution >= 0.6 is 22.6 Å². The highest BCUT2D eigenvalue weighted by atomic mass is 127. The van der Waals surface area contributed by atoms with E-state index in [1.54, 1.807) is 0 Å². The summed E-state index contributed by atoms with van der Waals surface area (Å²) in [5.41, 5.74) is 1.21. The van der Waals surface area contributed by atoms with Crippen LogP contribution in [0.15, 0.2) is 12.2 Å². The number of alkyl halides is 1. The van der Waals surface area contributed by atoms with Crippen LogP contribution in [0.5, 0.6) is 0 Å². The Morgan fingerprint density at radius 1 is 1.41 bits per heavy atom. The molecule has 17 heavy (non-hydrogen) atoms. The van der Waals surface area contributed by atoms with Crippen molar-refractivity contribution in [3.8, 4) is 0 Å². The second-order valence-corrected chi connectivity index (χ2v) is 7.21. The van der Waals surface area contributed by atoms with Crippen LogP contribution in [0.25, 0.3) is 0 Å². The average molecular weight is 348 g/mol. The molecule has 0 aromatic heterocycles. The van der Waals surface area contributed by atoms with Crippen LogP contribution in [-0.2, 0) is 4.74 Å². The van der Waals surface area contributed by atoms with Crippen LogP contribution in [0.2, 0.25) is 0 Å². The van der Waals surface area contributed by atoms with Crippen LogP contribution in [0.3, 0.4) is 0 Å². The molecular weight excluding hydrogens is 323 g/mol. The van der Waals surface area contributed by atoms with Gasteiger partial charge in [-0.05, 0) is 49.5 Å². The first-order valence-corrected chi connectivity index (χ1v) is 8.43. The number of hydrogen-bond donors (Lipinski definition) is 0. The fourth-order valence-electron chi connectivity index (χ4n) is 3.91. The maximum Gasteiger partial charge on any atom is 0.0926 e. The van der Waals surface area contributed by atoms with Crippen molar-refractivity contribution >= 4 is 22.6 Å². The van der Waals surface area contributed by atoms with E-state index in [0.29, 0.717) is 12.0 Å². The topological polar surface area (TPSA) is 9.23 Å². The summed E-state index contributed by atoms with van der Waals surface area (Å²) in [6, 6.07) is 0. The molecule has 0 spiro atoms. The van der Waals surface area contributed by atoms with E-state index in [9.17, 15) is 0 Å². The number of hydrogen-bond acceptors (Lipinski definition) is 1. The second kappa shape index (κ2) is 5.20. The Morgan fingerprint density at radius 3 is 2.71 bits per heavy atom. The van der Waals surface area contributed by atoms with Gasteiger partial charge in [0.1, 0.15) is 0 Å². The lowest BCUT2D eigenvalue weighted by atomic mass is 9.70. The quantitative estimate of drug-likeness (QED) is 0.412. The molecule has 2 fully saturated rings. The van der Waals surface area contributed by atoms with Gasteiger partial charge in [-0.25, -0.2) is 0 Å². The van der Waals surface area contributed by atoms with Gasteiger partial charge >= 0.3 is 0 Å². The van der Waals surface area contributed by atoms with Crippen LogP contribution < -0.4 is 0 Å². The third-order valence-electron chi connectivity index (χ3n) is 5.03. The molecule has 0 amide bonds. The summed E-state index contributed by atoms with van der Waals surface area (Å²) in [5, 5.41) is 0. The highest BCUT2D eigenvalue weighted by Crippen LogP contribution is 2.52. The van der Waals surface area contributed by atoms with Gasteiger partial charge in [-0.15, -0.1) is 0 Å². The van der Waals surface area contributed by atoms with Gasteiger partial charge in [0.05, 0.1) is 11.7 Å². The zero-order chi connectivity index (χ0) is 12.6. The molecule has 0 N–H and O–H groups in total. The summed E-state index contributed by atoms with van der Waals surface area (Å²) in [6.45, 7) is 11.1. The van der Waals surface area contributed by atoms with Crippen molar-refractivity contribution in [2.24, 2.45) is 17.8 Å². The van der Waals surface area contributed by atoms with Crippen molar-refractivity contribution in [1.29, 1.82) is 0 Å². The van der Waals surface area contributed by atoms with Gasteiger partial charge < -0.3 is 4.74 Å². The van der Waals surface area contributed by atoms with Crippen LogP contribution in [-0.4, -0.2) is 16.1 Å². The molecule has 0 bridgehead atoms. The van der Waals surface area contributed by atoms with Crippen LogP contribution in [0.4, 0.5) is 0 Å². The van der Waals surface area contributed by atoms with Gasteiger partial charge in [-0.3, -0.25) is 0 Å². The highest BCUT2D eigenvalue weighted by molar-refractivity contribution is 14.1. The summed E-state index contributed by atoms with van der Waals surface area (Å²) in [6.07, 6.45) is 5.61. The molecule has 0 unspecified atom stereocenters. The standard InChI is InChI=1S/C15H25IO/c1-10(2)15(7-8-16)12(4)13-6-5-11(3)9-14(13)17-15/h11-14H,1,5-9H2,2-4H3/t11-,12-,13+,14-,15+/m1/s1. The first kappa shape index (κ1) is 13.9. The van der Waals surface area contributed by atoms with Gasteiger partial charge in [0.15, 0.2) is 0 Å². The predicted octanol–water partition coefficient (Wildman–Crippen LogP) is 4.60. The monoisotopic (exact) mass is 348 g/mol. The largest absolute Gasteiger partial charge is 0.367 e. The second-order valence-electron chi connectivity index (χ2n) is 6.14. The molecule has 0 radical (unpaired) electrons. The summed E-state index contributed by atoms with van der Waals surface area (Å²) in [5.74, 6) is 2.25. The van der Waals surface area contributed by atoms with E-state index in [2.05, 4.69) is 49.9 Å². The lowest BCUT2D eigenvalue weighted by Crippen LogP contribution is -2.37. The summed E-state index contributed by atoms with van der Waals surface area (Å²) in [4.78, 5) is 0. The number of ether oxygens (including phenoxy) is 1. The summed E-state index contributed by atoms with van der Waals surface area (Å²) < 4.78 is 7.69. The molecule has 1 heterocycles. The van der Waals surface area contributed by atoms with Crippen LogP contribution in [0.1, 0.15) is 46.5 Å². The lowest BCUT2D eigenvalue weighted by molar-refractivity contribution is -0.0451. The zero-order valence-electron chi connectivity index (χ0n) is 11.3. The molecule has 2 aliphatic rings. The fraction of sp³-hybridized carbons (Fsp3) is 0.867. The minimum absolute atomic E-state index is 0.0272. The fourth-order valence-corrected chi connectivity index (χ4v) is 4.71. The Balaban J connectivity index is 2.22.